The third kappa shape index (κ3) is 5.53. The summed E-state index contributed by atoms with van der Waals surface area (Å²) in [5.74, 6) is 0.482. The van der Waals surface area contributed by atoms with Crippen molar-refractivity contribution >= 4 is 5.96 Å². The van der Waals surface area contributed by atoms with Crippen LogP contribution in [0.3, 0.4) is 0 Å². The molecule has 98 valence electrons. The van der Waals surface area contributed by atoms with Crippen LogP contribution >= 0.6 is 0 Å². The van der Waals surface area contributed by atoms with Gasteiger partial charge < -0.3 is 11.1 Å². The molecule has 18 heavy (non-hydrogen) atoms. The van der Waals surface area contributed by atoms with Gasteiger partial charge in [-0.2, -0.15) is 0 Å². The largest absolute Gasteiger partial charge is 0.370 e. The zero-order valence-corrected chi connectivity index (χ0v) is 11.3. The first kappa shape index (κ1) is 14.3. The van der Waals surface area contributed by atoms with Crippen LogP contribution in [0.2, 0.25) is 0 Å². The minimum Gasteiger partial charge on any atom is -0.370 e. The molecular weight excluding hydrogens is 222 g/mol. The lowest BCUT2D eigenvalue weighted by Gasteiger charge is -2.22. The smallest absolute Gasteiger partial charge is 0.188 e. The van der Waals surface area contributed by atoms with Crippen molar-refractivity contribution in [3.05, 3.63) is 48.6 Å². The van der Waals surface area contributed by atoms with E-state index in [2.05, 4.69) is 55.0 Å². The average molecular weight is 245 g/mol. The number of benzene rings is 1. The quantitative estimate of drug-likeness (QED) is 0.459. The van der Waals surface area contributed by atoms with E-state index in [1.165, 1.54) is 5.56 Å². The zero-order chi connectivity index (χ0) is 13.4. The number of nitrogens with one attached hydrogen (secondary N) is 1. The molecular formula is C15H23N3. The third-order valence-corrected chi connectivity index (χ3v) is 2.63. The second-order valence-electron chi connectivity index (χ2n) is 5.20. The van der Waals surface area contributed by atoms with E-state index in [0.29, 0.717) is 19.0 Å². The van der Waals surface area contributed by atoms with Gasteiger partial charge in [-0.3, -0.25) is 4.99 Å². The van der Waals surface area contributed by atoms with Crippen LogP contribution in [0.15, 0.2) is 48.0 Å². The molecule has 1 rings (SSSR count). The van der Waals surface area contributed by atoms with E-state index in [-0.39, 0.29) is 5.41 Å². The van der Waals surface area contributed by atoms with Crippen molar-refractivity contribution in [3.63, 3.8) is 0 Å². The Morgan fingerprint density at radius 2 is 2.06 bits per heavy atom. The van der Waals surface area contributed by atoms with Crippen LogP contribution < -0.4 is 11.1 Å². The lowest BCUT2D eigenvalue weighted by atomic mass is 9.86. The van der Waals surface area contributed by atoms with Crippen LogP contribution in [-0.2, 0) is 6.42 Å². The fourth-order valence-corrected chi connectivity index (χ4v) is 1.74. The number of hydrogen-bond donors (Lipinski definition) is 2. The Labute approximate surface area is 110 Å². The second-order valence-corrected chi connectivity index (χ2v) is 5.20. The average Bonchev–Trinajstić information content (AvgIpc) is 2.35. The van der Waals surface area contributed by atoms with Crippen molar-refractivity contribution in [3.8, 4) is 0 Å². The minimum atomic E-state index is 0.0990. The second kappa shape index (κ2) is 6.84. The standard InChI is InChI=1S/C15H23N3/c1-4-10-17-14(16)18-12-15(2,3)11-13-8-6-5-7-9-13/h4-9H,1,10-12H2,2-3H3,(H3,16,17,18). The Kier molecular flexibility index (Phi) is 5.43. The summed E-state index contributed by atoms with van der Waals surface area (Å²) in [4.78, 5) is 4.37. The highest BCUT2D eigenvalue weighted by Gasteiger charge is 2.18. The van der Waals surface area contributed by atoms with Crippen LogP contribution in [0.25, 0.3) is 0 Å². The maximum absolute atomic E-state index is 5.75. The predicted octanol–water partition coefficient (Wildman–Crippen LogP) is 2.35. The number of rotatable bonds is 6. The van der Waals surface area contributed by atoms with Crippen molar-refractivity contribution in [2.75, 3.05) is 13.1 Å². The first-order chi connectivity index (χ1) is 8.53. The maximum Gasteiger partial charge on any atom is 0.188 e. The molecule has 0 saturated carbocycles. The van der Waals surface area contributed by atoms with Gasteiger partial charge in [0.05, 0.1) is 0 Å². The molecule has 1 aromatic rings. The molecule has 0 heterocycles. The van der Waals surface area contributed by atoms with E-state index >= 15 is 0 Å². The molecule has 0 aliphatic carbocycles. The Hall–Kier alpha value is -1.77. The van der Waals surface area contributed by atoms with Crippen molar-refractivity contribution in [1.29, 1.82) is 0 Å². The monoisotopic (exact) mass is 245 g/mol. The lowest BCUT2D eigenvalue weighted by Crippen LogP contribution is -2.33. The molecule has 0 aliphatic heterocycles. The fraction of sp³-hybridized carbons (Fsp3) is 0.400. The normalized spacial score (nSPS) is 12.2. The van der Waals surface area contributed by atoms with Crippen molar-refractivity contribution in [2.24, 2.45) is 16.1 Å². The first-order valence-electron chi connectivity index (χ1n) is 6.22. The highest BCUT2D eigenvalue weighted by molar-refractivity contribution is 5.77. The number of nitrogens with zero attached hydrogens (tertiary/aromatic N) is 1. The third-order valence-electron chi connectivity index (χ3n) is 2.63. The molecule has 0 spiro atoms. The SMILES string of the molecule is C=CCNC(N)=NCC(C)(C)Cc1ccccc1. The summed E-state index contributed by atoms with van der Waals surface area (Å²) in [5.41, 5.74) is 7.18. The Morgan fingerprint density at radius 1 is 1.39 bits per heavy atom. The summed E-state index contributed by atoms with van der Waals surface area (Å²) in [6, 6.07) is 10.4. The highest BCUT2D eigenvalue weighted by Crippen LogP contribution is 2.21. The van der Waals surface area contributed by atoms with Crippen molar-refractivity contribution in [2.45, 2.75) is 20.3 Å². The van der Waals surface area contributed by atoms with Gasteiger partial charge in [0.25, 0.3) is 0 Å². The molecule has 0 aromatic heterocycles. The first-order valence-corrected chi connectivity index (χ1v) is 6.22. The number of aliphatic imine (C=N–C) groups is 1. The molecule has 0 bridgehead atoms. The van der Waals surface area contributed by atoms with E-state index in [0.717, 1.165) is 6.42 Å². The molecule has 0 atom stereocenters. The van der Waals surface area contributed by atoms with Gasteiger partial charge in [0, 0.05) is 13.1 Å². The van der Waals surface area contributed by atoms with Gasteiger partial charge in [-0.15, -0.1) is 6.58 Å². The summed E-state index contributed by atoms with van der Waals surface area (Å²) in [6.45, 7) is 9.38. The van der Waals surface area contributed by atoms with Gasteiger partial charge in [0.1, 0.15) is 0 Å². The number of nitrogens with two attached hydrogens (primary N) is 1. The van der Waals surface area contributed by atoms with Crippen LogP contribution in [-0.4, -0.2) is 19.0 Å². The molecule has 0 unspecified atom stereocenters. The Morgan fingerprint density at radius 3 is 2.67 bits per heavy atom. The van der Waals surface area contributed by atoms with E-state index in [4.69, 9.17) is 5.73 Å². The van der Waals surface area contributed by atoms with Crippen LogP contribution in [0.5, 0.6) is 0 Å². The summed E-state index contributed by atoms with van der Waals surface area (Å²) in [5, 5.41) is 2.98. The Balaban J connectivity index is 2.51. The number of hydrogen-bond acceptors (Lipinski definition) is 1. The topological polar surface area (TPSA) is 50.4 Å². The van der Waals surface area contributed by atoms with E-state index in [1.807, 2.05) is 6.07 Å². The van der Waals surface area contributed by atoms with E-state index in [9.17, 15) is 0 Å². The van der Waals surface area contributed by atoms with Crippen molar-refractivity contribution < 1.29 is 0 Å². The van der Waals surface area contributed by atoms with Crippen LogP contribution in [0, 0.1) is 5.41 Å². The van der Waals surface area contributed by atoms with Gasteiger partial charge in [-0.25, -0.2) is 0 Å². The van der Waals surface area contributed by atoms with Gasteiger partial charge >= 0.3 is 0 Å². The predicted molar refractivity (Wildman–Crippen MR) is 78.6 cm³/mol. The lowest BCUT2D eigenvalue weighted by molar-refractivity contribution is 0.377. The molecule has 0 radical (unpaired) electrons. The molecule has 3 nitrogen and oxygen atoms in total. The fourth-order valence-electron chi connectivity index (χ4n) is 1.74. The van der Waals surface area contributed by atoms with Gasteiger partial charge in [-0.05, 0) is 17.4 Å². The summed E-state index contributed by atoms with van der Waals surface area (Å²) in [7, 11) is 0. The van der Waals surface area contributed by atoms with Gasteiger partial charge in [0.15, 0.2) is 5.96 Å². The molecule has 3 heteroatoms. The molecule has 0 aliphatic rings. The molecule has 1 aromatic carbocycles. The maximum atomic E-state index is 5.75. The van der Waals surface area contributed by atoms with Gasteiger partial charge in [0.2, 0.25) is 0 Å². The summed E-state index contributed by atoms with van der Waals surface area (Å²) in [6.07, 6.45) is 2.75. The minimum absolute atomic E-state index is 0.0990. The molecule has 0 amide bonds. The van der Waals surface area contributed by atoms with Crippen LogP contribution in [0.4, 0.5) is 0 Å². The zero-order valence-electron chi connectivity index (χ0n) is 11.3. The highest BCUT2D eigenvalue weighted by atomic mass is 15.1. The van der Waals surface area contributed by atoms with E-state index in [1.54, 1.807) is 6.08 Å². The summed E-state index contributed by atoms with van der Waals surface area (Å²) < 4.78 is 0. The number of guanidine groups is 1. The van der Waals surface area contributed by atoms with Crippen molar-refractivity contribution in [1.82, 2.24) is 5.32 Å². The molecule has 0 saturated heterocycles. The Bertz CT molecular complexity index is 393. The van der Waals surface area contributed by atoms with E-state index < -0.39 is 0 Å². The van der Waals surface area contributed by atoms with Crippen LogP contribution in [0.1, 0.15) is 19.4 Å². The van der Waals surface area contributed by atoms with Gasteiger partial charge in [-0.1, -0.05) is 50.3 Å². The molecule has 3 N–H and O–H groups in total. The summed E-state index contributed by atoms with van der Waals surface area (Å²) >= 11 is 0. The molecule has 0 fully saturated rings.